The van der Waals surface area contributed by atoms with Crippen LogP contribution in [0.25, 0.3) is 10.4 Å². The van der Waals surface area contributed by atoms with Gasteiger partial charge in [-0.25, -0.2) is 0 Å². The van der Waals surface area contributed by atoms with Crippen molar-refractivity contribution in [3.05, 3.63) is 10.4 Å². The average molecular weight is 262 g/mol. The number of ether oxygens (including phenoxy) is 1. The minimum atomic E-state index is -1.59. The van der Waals surface area contributed by atoms with Gasteiger partial charge in [0.05, 0.1) is 6.61 Å². The lowest BCUT2D eigenvalue weighted by molar-refractivity contribution is -0.253. The first kappa shape index (κ1) is 14.6. The molecule has 1 aliphatic rings. The maximum atomic E-state index is 11.2. The average Bonchev–Trinajstić information content (AvgIpc) is 2.36. The van der Waals surface area contributed by atoms with Crippen LogP contribution in [0, 0.1) is 0 Å². The van der Waals surface area contributed by atoms with E-state index in [0.29, 0.717) is 0 Å². The molecule has 1 fully saturated rings. The zero-order valence-electron chi connectivity index (χ0n) is 9.25. The van der Waals surface area contributed by atoms with Gasteiger partial charge < -0.3 is 30.5 Å². The van der Waals surface area contributed by atoms with Crippen molar-refractivity contribution in [2.24, 2.45) is 5.11 Å². The minimum Gasteiger partial charge on any atom is -0.394 e. The van der Waals surface area contributed by atoms with Gasteiger partial charge in [-0.1, -0.05) is 5.11 Å². The van der Waals surface area contributed by atoms with Gasteiger partial charge in [0, 0.05) is 4.91 Å². The fourth-order valence-electron chi connectivity index (χ4n) is 1.58. The first-order valence-corrected chi connectivity index (χ1v) is 5.12. The molecule has 5 N–H and O–H groups in total. The molecular weight excluding hydrogens is 248 g/mol. The lowest BCUT2D eigenvalue weighted by atomic mass is 9.97. The smallest absolute Gasteiger partial charge is 0.226 e. The number of azide groups is 1. The summed E-state index contributed by atoms with van der Waals surface area (Å²) in [5.74, 6) is -0.742. The summed E-state index contributed by atoms with van der Waals surface area (Å²) in [7, 11) is 0. The fourth-order valence-corrected chi connectivity index (χ4v) is 1.58. The van der Waals surface area contributed by atoms with Gasteiger partial charge in [0.1, 0.15) is 30.9 Å². The van der Waals surface area contributed by atoms with E-state index in [0.717, 1.165) is 0 Å². The molecule has 1 amide bonds. The quantitative estimate of drug-likeness (QED) is 0.208. The summed E-state index contributed by atoms with van der Waals surface area (Å²) in [6, 6.07) is -1.27. The van der Waals surface area contributed by atoms with E-state index in [2.05, 4.69) is 15.3 Å². The number of nitrogens with one attached hydrogen (secondary N) is 1. The van der Waals surface area contributed by atoms with E-state index in [9.17, 15) is 20.1 Å². The van der Waals surface area contributed by atoms with Gasteiger partial charge in [0.25, 0.3) is 0 Å². The van der Waals surface area contributed by atoms with Crippen molar-refractivity contribution in [1.29, 1.82) is 0 Å². The number of carbonyl (C=O) groups is 1. The monoisotopic (exact) mass is 262 g/mol. The molecule has 18 heavy (non-hydrogen) atoms. The van der Waals surface area contributed by atoms with Gasteiger partial charge >= 0.3 is 0 Å². The lowest BCUT2D eigenvalue weighted by Gasteiger charge is -2.40. The molecule has 0 aromatic carbocycles. The SMILES string of the molecule is [N-]=[N+]=NCC(=O)NC1C(O)OC(CO)[C@@H](O)[C@@H]1O. The molecule has 10 heteroatoms. The second-order valence-electron chi connectivity index (χ2n) is 3.71. The summed E-state index contributed by atoms with van der Waals surface area (Å²) in [4.78, 5) is 13.6. The number of hydrogen-bond acceptors (Lipinski definition) is 7. The summed E-state index contributed by atoms with van der Waals surface area (Å²) < 4.78 is 4.81. The van der Waals surface area contributed by atoms with Crippen molar-refractivity contribution in [2.75, 3.05) is 13.2 Å². The summed E-state index contributed by atoms with van der Waals surface area (Å²) in [5.41, 5.74) is 8.02. The topological polar surface area (TPSA) is 168 Å². The molecule has 1 rings (SSSR count). The Kier molecular flexibility index (Phi) is 5.28. The molecule has 0 spiro atoms. The molecule has 0 aliphatic carbocycles. The van der Waals surface area contributed by atoms with Crippen LogP contribution in [0.4, 0.5) is 0 Å². The highest BCUT2D eigenvalue weighted by molar-refractivity contribution is 5.78. The Balaban J connectivity index is 2.64. The molecule has 10 nitrogen and oxygen atoms in total. The Morgan fingerprint density at radius 2 is 2.06 bits per heavy atom. The Bertz CT molecular complexity index is 346. The van der Waals surface area contributed by atoms with Crippen LogP contribution in [0.3, 0.4) is 0 Å². The molecule has 1 heterocycles. The van der Waals surface area contributed by atoms with Crippen molar-refractivity contribution >= 4 is 5.91 Å². The molecule has 1 saturated heterocycles. The molecular formula is C8H14N4O6. The largest absolute Gasteiger partial charge is 0.394 e. The van der Waals surface area contributed by atoms with E-state index in [1.807, 2.05) is 0 Å². The van der Waals surface area contributed by atoms with Crippen molar-refractivity contribution in [3.63, 3.8) is 0 Å². The van der Waals surface area contributed by atoms with Crippen LogP contribution >= 0.6 is 0 Å². The Hall–Kier alpha value is -1.42. The third-order valence-electron chi connectivity index (χ3n) is 2.51. The minimum absolute atomic E-state index is 0.508. The molecule has 102 valence electrons. The Labute approximate surface area is 101 Å². The molecule has 0 aromatic rings. The van der Waals surface area contributed by atoms with Gasteiger partial charge in [-0.3, -0.25) is 4.79 Å². The maximum absolute atomic E-state index is 11.2. The van der Waals surface area contributed by atoms with E-state index in [4.69, 9.17) is 15.4 Å². The Morgan fingerprint density at radius 3 is 2.61 bits per heavy atom. The van der Waals surface area contributed by atoms with Crippen LogP contribution in [0.2, 0.25) is 0 Å². The van der Waals surface area contributed by atoms with Crippen molar-refractivity contribution in [2.45, 2.75) is 30.6 Å². The molecule has 0 saturated carbocycles. The zero-order valence-corrected chi connectivity index (χ0v) is 9.25. The number of hydrogen-bond donors (Lipinski definition) is 5. The predicted molar refractivity (Wildman–Crippen MR) is 55.9 cm³/mol. The third-order valence-corrected chi connectivity index (χ3v) is 2.51. The second-order valence-corrected chi connectivity index (χ2v) is 3.71. The van der Waals surface area contributed by atoms with Gasteiger partial charge in [0.15, 0.2) is 6.29 Å². The molecule has 0 radical (unpaired) electrons. The number of aliphatic hydroxyl groups excluding tert-OH is 4. The highest BCUT2D eigenvalue weighted by Crippen LogP contribution is 2.19. The number of nitrogens with zero attached hydrogens (tertiary/aromatic N) is 3. The number of rotatable bonds is 4. The second kappa shape index (κ2) is 6.50. The van der Waals surface area contributed by atoms with Crippen molar-refractivity contribution in [1.82, 2.24) is 5.32 Å². The number of amides is 1. The van der Waals surface area contributed by atoms with Gasteiger partial charge in [-0.05, 0) is 5.53 Å². The summed E-state index contributed by atoms with van der Waals surface area (Å²) in [6.07, 6.45) is -5.69. The first-order valence-electron chi connectivity index (χ1n) is 5.12. The number of carbonyl (C=O) groups excluding carboxylic acids is 1. The summed E-state index contributed by atoms with van der Waals surface area (Å²) in [6.45, 7) is -1.10. The van der Waals surface area contributed by atoms with Gasteiger partial charge in [-0.2, -0.15) is 0 Å². The van der Waals surface area contributed by atoms with Crippen LogP contribution in [0.5, 0.6) is 0 Å². The summed E-state index contributed by atoms with van der Waals surface area (Å²) in [5, 5.41) is 42.7. The fraction of sp³-hybridized carbons (Fsp3) is 0.875. The Morgan fingerprint density at radius 1 is 1.39 bits per heavy atom. The van der Waals surface area contributed by atoms with E-state index in [-0.39, 0.29) is 0 Å². The van der Waals surface area contributed by atoms with E-state index in [1.165, 1.54) is 0 Å². The number of aliphatic hydroxyl groups is 4. The van der Waals surface area contributed by atoms with Crippen LogP contribution in [-0.4, -0.2) is 70.1 Å². The van der Waals surface area contributed by atoms with Gasteiger partial charge in [0.2, 0.25) is 5.91 Å². The highest BCUT2D eigenvalue weighted by Gasteiger charge is 2.44. The van der Waals surface area contributed by atoms with Crippen LogP contribution in [0.1, 0.15) is 0 Å². The van der Waals surface area contributed by atoms with E-state index < -0.39 is 49.7 Å². The third kappa shape index (κ3) is 3.29. The van der Waals surface area contributed by atoms with Crippen LogP contribution < -0.4 is 5.32 Å². The van der Waals surface area contributed by atoms with Crippen LogP contribution in [-0.2, 0) is 9.53 Å². The molecule has 3 unspecified atom stereocenters. The van der Waals surface area contributed by atoms with E-state index in [1.54, 1.807) is 0 Å². The highest BCUT2D eigenvalue weighted by atomic mass is 16.6. The van der Waals surface area contributed by atoms with Crippen LogP contribution in [0.15, 0.2) is 5.11 Å². The first-order chi connectivity index (χ1) is 8.51. The standard InChI is InChI=1S/C8H14N4O6/c9-12-10-1-4(14)11-5-7(16)6(15)3(2-13)18-8(5)17/h3,5-8,13,15-17H,1-2H2,(H,11,14)/t3?,5?,6-,7-,8?/m1/s1. The molecule has 5 atom stereocenters. The van der Waals surface area contributed by atoms with E-state index >= 15 is 0 Å². The maximum Gasteiger partial charge on any atom is 0.226 e. The molecule has 0 bridgehead atoms. The molecule has 1 aliphatic heterocycles. The zero-order chi connectivity index (χ0) is 13.7. The van der Waals surface area contributed by atoms with Gasteiger partial charge in [-0.15, -0.1) is 0 Å². The summed E-state index contributed by atoms with van der Waals surface area (Å²) >= 11 is 0. The predicted octanol–water partition coefficient (Wildman–Crippen LogP) is -2.79. The van der Waals surface area contributed by atoms with Crippen molar-refractivity contribution < 1.29 is 30.0 Å². The molecule has 0 aromatic heterocycles. The normalized spacial score (nSPS) is 35.7. The van der Waals surface area contributed by atoms with Crippen molar-refractivity contribution in [3.8, 4) is 0 Å². The lowest BCUT2D eigenvalue weighted by Crippen LogP contribution is -2.64.